The fourth-order valence-electron chi connectivity index (χ4n) is 3.90. The van der Waals surface area contributed by atoms with Crippen LogP contribution in [0.1, 0.15) is 20.7 Å². The zero-order valence-corrected chi connectivity index (χ0v) is 18.9. The third kappa shape index (κ3) is 6.21. The summed E-state index contributed by atoms with van der Waals surface area (Å²) < 4.78 is 13.0. The first kappa shape index (κ1) is 23.9. The molecule has 0 spiro atoms. The van der Waals surface area contributed by atoms with Gasteiger partial charge in [0.15, 0.2) is 0 Å². The largest absolute Gasteiger partial charge is 0.478 e. The van der Waals surface area contributed by atoms with E-state index in [1.54, 1.807) is 48.5 Å². The van der Waals surface area contributed by atoms with Gasteiger partial charge in [-0.1, -0.05) is 18.2 Å². The van der Waals surface area contributed by atoms with Crippen molar-refractivity contribution < 1.29 is 23.9 Å². The molecule has 0 aromatic heterocycles. The van der Waals surface area contributed by atoms with E-state index >= 15 is 0 Å². The van der Waals surface area contributed by atoms with Gasteiger partial charge in [-0.2, -0.15) is 0 Å². The molecule has 0 unspecified atom stereocenters. The molecule has 1 heterocycles. The summed E-state index contributed by atoms with van der Waals surface area (Å²) in [5, 5.41) is 15.1. The van der Waals surface area contributed by atoms with Crippen molar-refractivity contribution in [2.45, 2.75) is 0 Å². The number of amides is 2. The number of carboxylic acid groups (broad SMARTS) is 1. The predicted molar refractivity (Wildman–Crippen MR) is 131 cm³/mol. The second-order valence-corrected chi connectivity index (χ2v) is 8.17. The van der Waals surface area contributed by atoms with Gasteiger partial charge in [0.2, 0.25) is 5.91 Å². The Bertz CT molecular complexity index is 1210. The van der Waals surface area contributed by atoms with E-state index in [0.29, 0.717) is 37.4 Å². The lowest BCUT2D eigenvalue weighted by molar-refractivity contribution is -0.117. The van der Waals surface area contributed by atoms with Gasteiger partial charge in [0.1, 0.15) is 5.82 Å². The Kier molecular flexibility index (Phi) is 7.37. The molecule has 9 heteroatoms. The summed E-state index contributed by atoms with van der Waals surface area (Å²) in [7, 11) is 0. The van der Waals surface area contributed by atoms with Crippen molar-refractivity contribution in [1.29, 1.82) is 0 Å². The Morgan fingerprint density at radius 2 is 1.54 bits per heavy atom. The second kappa shape index (κ2) is 10.8. The van der Waals surface area contributed by atoms with Gasteiger partial charge in [-0.3, -0.25) is 14.5 Å². The van der Waals surface area contributed by atoms with Gasteiger partial charge in [0.05, 0.1) is 17.8 Å². The zero-order chi connectivity index (χ0) is 24.8. The lowest BCUT2D eigenvalue weighted by Gasteiger charge is -2.36. The van der Waals surface area contributed by atoms with Crippen LogP contribution >= 0.6 is 0 Å². The number of rotatable bonds is 7. The number of anilines is 3. The van der Waals surface area contributed by atoms with Crippen molar-refractivity contribution in [2.24, 2.45) is 0 Å². The zero-order valence-electron chi connectivity index (χ0n) is 18.9. The molecule has 4 rings (SSSR count). The number of carbonyl (C=O) groups is 3. The van der Waals surface area contributed by atoms with E-state index in [9.17, 15) is 23.9 Å². The number of nitrogens with zero attached hydrogens (tertiary/aromatic N) is 2. The maximum Gasteiger partial charge on any atom is 0.337 e. The SMILES string of the molecule is O=C(CN1CCN(c2ccc(NC(=O)c3ccccc3)c(C(=O)O)c2)CC1)Nc1ccc(F)cc1. The van der Waals surface area contributed by atoms with Gasteiger partial charge in [-0.15, -0.1) is 0 Å². The molecule has 35 heavy (non-hydrogen) atoms. The minimum absolute atomic E-state index is 0.00730. The van der Waals surface area contributed by atoms with E-state index in [-0.39, 0.29) is 35.4 Å². The third-order valence-electron chi connectivity index (χ3n) is 5.75. The van der Waals surface area contributed by atoms with Crippen LogP contribution in [0, 0.1) is 5.82 Å². The van der Waals surface area contributed by atoms with E-state index in [1.807, 2.05) is 9.80 Å². The number of benzene rings is 3. The summed E-state index contributed by atoms with van der Waals surface area (Å²) in [5.41, 5.74) is 1.94. The van der Waals surface area contributed by atoms with Crippen LogP contribution in [0.25, 0.3) is 0 Å². The minimum Gasteiger partial charge on any atom is -0.478 e. The smallest absolute Gasteiger partial charge is 0.337 e. The normalized spacial score (nSPS) is 13.8. The number of aromatic carboxylic acids is 1. The molecule has 0 bridgehead atoms. The van der Waals surface area contributed by atoms with Gasteiger partial charge in [0.25, 0.3) is 5.91 Å². The van der Waals surface area contributed by atoms with Crippen molar-refractivity contribution in [2.75, 3.05) is 48.3 Å². The van der Waals surface area contributed by atoms with Crippen LogP contribution < -0.4 is 15.5 Å². The molecule has 1 aliphatic rings. The molecule has 1 fully saturated rings. The number of carboxylic acids is 1. The molecule has 3 aromatic carbocycles. The molecule has 1 saturated heterocycles. The Morgan fingerprint density at radius 3 is 2.20 bits per heavy atom. The van der Waals surface area contributed by atoms with Gasteiger partial charge < -0.3 is 20.6 Å². The molecule has 0 radical (unpaired) electrons. The molecular weight excluding hydrogens is 451 g/mol. The van der Waals surface area contributed by atoms with Crippen molar-refractivity contribution in [1.82, 2.24) is 4.90 Å². The Morgan fingerprint density at radius 1 is 0.857 bits per heavy atom. The van der Waals surface area contributed by atoms with Gasteiger partial charge in [-0.05, 0) is 54.6 Å². The number of carbonyl (C=O) groups excluding carboxylic acids is 2. The molecule has 2 amide bonds. The molecule has 0 aliphatic carbocycles. The number of hydrogen-bond acceptors (Lipinski definition) is 5. The highest BCUT2D eigenvalue weighted by molar-refractivity contribution is 6.08. The Labute approximate surface area is 202 Å². The van der Waals surface area contributed by atoms with Crippen molar-refractivity contribution in [3.63, 3.8) is 0 Å². The maximum absolute atomic E-state index is 13.0. The van der Waals surface area contributed by atoms with E-state index in [0.717, 1.165) is 5.69 Å². The molecule has 0 saturated carbocycles. The molecule has 3 aromatic rings. The average Bonchev–Trinajstić information content (AvgIpc) is 2.86. The van der Waals surface area contributed by atoms with Crippen LogP contribution in [0.3, 0.4) is 0 Å². The van der Waals surface area contributed by atoms with Gasteiger partial charge >= 0.3 is 5.97 Å². The summed E-state index contributed by atoms with van der Waals surface area (Å²) in [6, 6.07) is 19.1. The van der Waals surface area contributed by atoms with Gasteiger partial charge in [0, 0.05) is 43.1 Å². The van der Waals surface area contributed by atoms with Crippen molar-refractivity contribution >= 4 is 34.8 Å². The molecule has 8 nitrogen and oxygen atoms in total. The maximum atomic E-state index is 13.0. The number of hydrogen-bond donors (Lipinski definition) is 3. The minimum atomic E-state index is -1.13. The van der Waals surface area contributed by atoms with Crippen LogP contribution in [0.15, 0.2) is 72.8 Å². The van der Waals surface area contributed by atoms with Crippen LogP contribution in [0.4, 0.5) is 21.5 Å². The summed E-state index contributed by atoms with van der Waals surface area (Å²) in [4.78, 5) is 40.7. The predicted octanol–water partition coefficient (Wildman–Crippen LogP) is 3.54. The van der Waals surface area contributed by atoms with E-state index in [4.69, 9.17) is 0 Å². The lowest BCUT2D eigenvalue weighted by atomic mass is 10.1. The fourth-order valence-corrected chi connectivity index (χ4v) is 3.90. The second-order valence-electron chi connectivity index (χ2n) is 8.17. The van der Waals surface area contributed by atoms with Crippen LogP contribution in [0.5, 0.6) is 0 Å². The first-order valence-electron chi connectivity index (χ1n) is 11.2. The molecule has 1 aliphatic heterocycles. The first-order valence-corrected chi connectivity index (χ1v) is 11.2. The van der Waals surface area contributed by atoms with Crippen LogP contribution in [-0.4, -0.2) is 60.5 Å². The quantitative estimate of drug-likeness (QED) is 0.482. The third-order valence-corrected chi connectivity index (χ3v) is 5.75. The van der Waals surface area contributed by atoms with Crippen LogP contribution in [0.2, 0.25) is 0 Å². The summed E-state index contributed by atoms with van der Waals surface area (Å²) in [5.74, 6) is -2.06. The standard InChI is InChI=1S/C26H25FN4O4/c27-19-6-8-20(9-7-19)28-24(32)17-30-12-14-31(15-13-30)21-10-11-23(22(16-21)26(34)35)29-25(33)18-4-2-1-3-5-18/h1-11,16H,12-15,17H2,(H,28,32)(H,29,33)(H,34,35). The van der Waals surface area contributed by atoms with Crippen LogP contribution in [-0.2, 0) is 4.79 Å². The highest BCUT2D eigenvalue weighted by Crippen LogP contribution is 2.25. The summed E-state index contributed by atoms with van der Waals surface area (Å²) >= 11 is 0. The lowest BCUT2D eigenvalue weighted by Crippen LogP contribution is -2.48. The number of piperazine rings is 1. The summed E-state index contributed by atoms with van der Waals surface area (Å²) in [6.45, 7) is 2.66. The van der Waals surface area contributed by atoms with E-state index in [1.165, 1.54) is 24.3 Å². The fraction of sp³-hybridized carbons (Fsp3) is 0.192. The molecular formula is C26H25FN4O4. The molecule has 3 N–H and O–H groups in total. The number of nitrogens with one attached hydrogen (secondary N) is 2. The highest BCUT2D eigenvalue weighted by atomic mass is 19.1. The monoisotopic (exact) mass is 476 g/mol. The summed E-state index contributed by atoms with van der Waals surface area (Å²) in [6.07, 6.45) is 0. The van der Waals surface area contributed by atoms with E-state index < -0.39 is 5.97 Å². The highest BCUT2D eigenvalue weighted by Gasteiger charge is 2.21. The molecule has 180 valence electrons. The first-order chi connectivity index (χ1) is 16.9. The number of halogens is 1. The van der Waals surface area contributed by atoms with Crippen molar-refractivity contribution in [3.05, 3.63) is 89.7 Å². The van der Waals surface area contributed by atoms with Crippen molar-refractivity contribution in [3.8, 4) is 0 Å². The van der Waals surface area contributed by atoms with Gasteiger partial charge in [-0.25, -0.2) is 9.18 Å². The Hall–Kier alpha value is -4.24. The Balaban J connectivity index is 1.35. The topological polar surface area (TPSA) is 102 Å². The average molecular weight is 477 g/mol. The van der Waals surface area contributed by atoms with E-state index in [2.05, 4.69) is 10.6 Å². The molecule has 0 atom stereocenters.